The van der Waals surface area contributed by atoms with Crippen LogP contribution in [0.5, 0.6) is 5.75 Å². The van der Waals surface area contributed by atoms with Crippen LogP contribution in [0.25, 0.3) is 5.69 Å². The molecule has 1 aromatic carbocycles. The van der Waals surface area contributed by atoms with Crippen molar-refractivity contribution in [2.24, 2.45) is 0 Å². The van der Waals surface area contributed by atoms with Crippen molar-refractivity contribution in [2.75, 3.05) is 0 Å². The molecule has 0 atom stereocenters. The minimum Gasteiger partial charge on any atom is -0.403 e. The number of nitrogens with zero attached hydrogens (tertiary/aromatic N) is 2. The molecule has 0 saturated carbocycles. The molecule has 1 heterocycles. The lowest BCUT2D eigenvalue weighted by Gasteiger charge is -2.12. The van der Waals surface area contributed by atoms with E-state index in [0.29, 0.717) is 6.29 Å². The van der Waals surface area contributed by atoms with Gasteiger partial charge in [-0.2, -0.15) is 5.10 Å². The van der Waals surface area contributed by atoms with Gasteiger partial charge in [-0.3, -0.25) is 4.79 Å². The van der Waals surface area contributed by atoms with Crippen LogP contribution in [0.3, 0.4) is 0 Å². The van der Waals surface area contributed by atoms with Crippen LogP contribution in [0.15, 0.2) is 36.7 Å². The number of benzene rings is 1. The number of halogens is 3. The molecule has 0 spiro atoms. The Bertz CT molecular complexity index is 563. The molecule has 0 aliphatic carbocycles. The SMILES string of the molecule is O=Cc1cnn(-c2ccccc2OC(F)(F)F)c1. The van der Waals surface area contributed by atoms with Crippen molar-refractivity contribution < 1.29 is 22.7 Å². The van der Waals surface area contributed by atoms with Crippen LogP contribution >= 0.6 is 0 Å². The standard InChI is InChI=1S/C11H7F3N2O2/c12-11(13,14)18-10-4-2-1-3-9(10)16-6-8(7-17)5-15-16/h1-7H. The average Bonchev–Trinajstić information content (AvgIpc) is 2.76. The fraction of sp³-hybridized carbons (Fsp3) is 0.0909. The normalized spacial score (nSPS) is 11.3. The van der Waals surface area contributed by atoms with E-state index in [1.165, 1.54) is 30.6 Å². The third-order valence-corrected chi connectivity index (χ3v) is 2.08. The maximum Gasteiger partial charge on any atom is 0.573 e. The van der Waals surface area contributed by atoms with E-state index >= 15 is 0 Å². The lowest BCUT2D eigenvalue weighted by molar-refractivity contribution is -0.274. The van der Waals surface area contributed by atoms with Crippen LogP contribution in [-0.2, 0) is 0 Å². The van der Waals surface area contributed by atoms with E-state index in [4.69, 9.17) is 0 Å². The van der Waals surface area contributed by atoms with Crippen LogP contribution in [0.2, 0.25) is 0 Å². The Kier molecular flexibility index (Phi) is 3.05. The van der Waals surface area contributed by atoms with Gasteiger partial charge in [-0.15, -0.1) is 13.2 Å². The van der Waals surface area contributed by atoms with Crippen LogP contribution in [0.1, 0.15) is 10.4 Å². The van der Waals surface area contributed by atoms with Gasteiger partial charge in [-0.25, -0.2) is 4.68 Å². The second kappa shape index (κ2) is 4.52. The Labute approximate surface area is 99.6 Å². The molecule has 0 bridgehead atoms. The van der Waals surface area contributed by atoms with Crippen molar-refractivity contribution in [3.8, 4) is 11.4 Å². The Hall–Kier alpha value is -2.31. The molecule has 18 heavy (non-hydrogen) atoms. The quantitative estimate of drug-likeness (QED) is 0.793. The molecule has 0 aliphatic heterocycles. The topological polar surface area (TPSA) is 44.1 Å². The molecule has 2 rings (SSSR count). The van der Waals surface area contributed by atoms with Gasteiger partial charge in [-0.05, 0) is 12.1 Å². The van der Waals surface area contributed by atoms with E-state index in [-0.39, 0.29) is 17.0 Å². The number of ether oxygens (including phenoxy) is 1. The van der Waals surface area contributed by atoms with E-state index in [1.807, 2.05) is 0 Å². The third-order valence-electron chi connectivity index (χ3n) is 2.08. The molecule has 0 aliphatic rings. The van der Waals surface area contributed by atoms with E-state index < -0.39 is 6.36 Å². The summed E-state index contributed by atoms with van der Waals surface area (Å²) in [7, 11) is 0. The summed E-state index contributed by atoms with van der Waals surface area (Å²) in [5.74, 6) is -0.384. The van der Waals surface area contributed by atoms with E-state index in [1.54, 1.807) is 6.07 Å². The summed E-state index contributed by atoms with van der Waals surface area (Å²) in [5, 5.41) is 3.79. The zero-order valence-electron chi connectivity index (χ0n) is 8.89. The highest BCUT2D eigenvalue weighted by Gasteiger charge is 2.32. The van der Waals surface area contributed by atoms with Gasteiger partial charge in [0.05, 0.1) is 11.8 Å². The Morgan fingerprint density at radius 3 is 2.61 bits per heavy atom. The number of aldehydes is 1. The summed E-state index contributed by atoms with van der Waals surface area (Å²) in [6.07, 6.45) is -1.67. The average molecular weight is 256 g/mol. The van der Waals surface area contributed by atoms with Gasteiger partial charge >= 0.3 is 6.36 Å². The van der Waals surface area contributed by atoms with E-state index in [2.05, 4.69) is 9.84 Å². The van der Waals surface area contributed by atoms with Crippen molar-refractivity contribution in [1.82, 2.24) is 9.78 Å². The minimum absolute atomic E-state index is 0.0999. The molecular formula is C11H7F3N2O2. The smallest absolute Gasteiger partial charge is 0.403 e. The zero-order chi connectivity index (χ0) is 13.2. The number of hydrogen-bond acceptors (Lipinski definition) is 3. The molecule has 0 unspecified atom stereocenters. The monoisotopic (exact) mass is 256 g/mol. The van der Waals surface area contributed by atoms with Crippen molar-refractivity contribution in [2.45, 2.75) is 6.36 Å². The fourth-order valence-corrected chi connectivity index (χ4v) is 1.39. The molecule has 94 valence electrons. The van der Waals surface area contributed by atoms with Crippen LogP contribution in [0, 0.1) is 0 Å². The van der Waals surface area contributed by atoms with E-state index in [0.717, 1.165) is 4.68 Å². The maximum absolute atomic E-state index is 12.2. The van der Waals surface area contributed by atoms with Gasteiger partial charge < -0.3 is 4.74 Å². The number of hydrogen-bond donors (Lipinski definition) is 0. The number of aromatic nitrogens is 2. The highest BCUT2D eigenvalue weighted by atomic mass is 19.4. The molecule has 0 amide bonds. The fourth-order valence-electron chi connectivity index (χ4n) is 1.39. The molecule has 0 N–H and O–H groups in total. The minimum atomic E-state index is -4.78. The van der Waals surface area contributed by atoms with Gasteiger partial charge in [0.25, 0.3) is 0 Å². The highest BCUT2D eigenvalue weighted by Crippen LogP contribution is 2.28. The Balaban J connectivity index is 2.41. The second-order valence-electron chi connectivity index (χ2n) is 3.35. The van der Waals surface area contributed by atoms with Crippen molar-refractivity contribution >= 4 is 6.29 Å². The maximum atomic E-state index is 12.2. The molecule has 0 radical (unpaired) electrons. The molecule has 0 saturated heterocycles. The van der Waals surface area contributed by atoms with Crippen LogP contribution < -0.4 is 4.74 Å². The first kappa shape index (κ1) is 12.2. The second-order valence-corrected chi connectivity index (χ2v) is 3.35. The summed E-state index contributed by atoms with van der Waals surface area (Å²) in [5.41, 5.74) is 0.361. The lowest BCUT2D eigenvalue weighted by atomic mass is 10.3. The molecular weight excluding hydrogens is 249 g/mol. The van der Waals surface area contributed by atoms with Gasteiger partial charge in [0.15, 0.2) is 12.0 Å². The van der Waals surface area contributed by atoms with Crippen molar-refractivity contribution in [3.63, 3.8) is 0 Å². The number of alkyl halides is 3. The largest absolute Gasteiger partial charge is 0.573 e. The van der Waals surface area contributed by atoms with E-state index in [9.17, 15) is 18.0 Å². The Morgan fingerprint density at radius 1 is 1.28 bits per heavy atom. The van der Waals surface area contributed by atoms with Crippen molar-refractivity contribution in [3.05, 3.63) is 42.2 Å². The number of carbonyl (C=O) groups excluding carboxylic acids is 1. The summed E-state index contributed by atoms with van der Waals surface area (Å²) >= 11 is 0. The first-order valence-corrected chi connectivity index (χ1v) is 4.84. The predicted molar refractivity (Wildman–Crippen MR) is 55.6 cm³/mol. The summed E-state index contributed by atoms with van der Waals surface area (Å²) in [4.78, 5) is 10.5. The van der Waals surface area contributed by atoms with Gasteiger partial charge in [0.2, 0.25) is 0 Å². The molecule has 7 heteroatoms. The first-order chi connectivity index (χ1) is 8.49. The van der Waals surface area contributed by atoms with Gasteiger partial charge in [-0.1, -0.05) is 12.1 Å². The molecule has 1 aromatic heterocycles. The van der Waals surface area contributed by atoms with Gasteiger partial charge in [0, 0.05) is 6.20 Å². The highest BCUT2D eigenvalue weighted by molar-refractivity contribution is 5.73. The zero-order valence-corrected chi connectivity index (χ0v) is 8.89. The number of rotatable bonds is 3. The number of carbonyl (C=O) groups is 1. The Morgan fingerprint density at radius 2 is 2.00 bits per heavy atom. The third kappa shape index (κ3) is 2.68. The first-order valence-electron chi connectivity index (χ1n) is 4.84. The predicted octanol–water partition coefficient (Wildman–Crippen LogP) is 2.58. The van der Waals surface area contributed by atoms with Gasteiger partial charge in [0.1, 0.15) is 5.69 Å². The lowest BCUT2D eigenvalue weighted by Crippen LogP contribution is -2.18. The van der Waals surface area contributed by atoms with Crippen LogP contribution in [0.4, 0.5) is 13.2 Å². The summed E-state index contributed by atoms with van der Waals surface area (Å²) in [6, 6.07) is 5.53. The summed E-state index contributed by atoms with van der Waals surface area (Å²) in [6.45, 7) is 0. The number of para-hydroxylation sites is 2. The van der Waals surface area contributed by atoms with Crippen molar-refractivity contribution in [1.29, 1.82) is 0 Å². The molecule has 0 fully saturated rings. The van der Waals surface area contributed by atoms with Crippen LogP contribution in [-0.4, -0.2) is 22.4 Å². The molecule has 2 aromatic rings. The summed E-state index contributed by atoms with van der Waals surface area (Å²) < 4.78 is 41.6. The molecule has 4 nitrogen and oxygen atoms in total.